The first-order chi connectivity index (χ1) is 6.96. The monoisotopic (exact) mass is 218 g/mol. The third-order valence-corrected chi connectivity index (χ3v) is 2.31. The van der Waals surface area contributed by atoms with Crippen molar-refractivity contribution in [2.75, 3.05) is 0 Å². The number of aliphatic hydroxyl groups excluding tert-OH is 1. The highest BCUT2D eigenvalue weighted by atomic mass is 19.4. The Balaban J connectivity index is 3.02. The number of hydrogen-bond acceptors (Lipinski definition) is 1. The van der Waals surface area contributed by atoms with Gasteiger partial charge in [-0.2, -0.15) is 13.2 Å². The van der Waals surface area contributed by atoms with Crippen molar-refractivity contribution in [1.29, 1.82) is 0 Å². The van der Waals surface area contributed by atoms with Gasteiger partial charge in [0, 0.05) is 0 Å². The summed E-state index contributed by atoms with van der Waals surface area (Å²) < 4.78 is 38.0. The van der Waals surface area contributed by atoms with Gasteiger partial charge in [-0.15, -0.1) is 0 Å². The van der Waals surface area contributed by atoms with Crippen LogP contribution in [-0.2, 0) is 0 Å². The maximum absolute atomic E-state index is 12.7. The Morgan fingerprint density at radius 3 is 2.13 bits per heavy atom. The molecule has 1 aromatic carbocycles. The zero-order valence-electron chi connectivity index (χ0n) is 8.33. The molecule has 1 rings (SSSR count). The van der Waals surface area contributed by atoms with Crippen LogP contribution in [-0.4, -0.2) is 17.4 Å². The van der Waals surface area contributed by atoms with Crippen LogP contribution < -0.4 is 0 Å². The lowest BCUT2D eigenvalue weighted by Crippen LogP contribution is -2.31. The van der Waals surface area contributed by atoms with Crippen LogP contribution >= 0.6 is 0 Å². The average Bonchev–Trinajstić information content (AvgIpc) is 2.17. The van der Waals surface area contributed by atoms with Gasteiger partial charge in [0.05, 0.1) is 6.10 Å². The Hall–Kier alpha value is -1.03. The molecule has 15 heavy (non-hydrogen) atoms. The van der Waals surface area contributed by atoms with Gasteiger partial charge in [0.2, 0.25) is 0 Å². The van der Waals surface area contributed by atoms with Crippen molar-refractivity contribution < 1.29 is 18.3 Å². The van der Waals surface area contributed by atoms with Crippen molar-refractivity contribution in [3.8, 4) is 0 Å². The fourth-order valence-corrected chi connectivity index (χ4v) is 1.53. The van der Waals surface area contributed by atoms with Crippen LogP contribution in [0.5, 0.6) is 0 Å². The second kappa shape index (κ2) is 4.66. The summed E-state index contributed by atoms with van der Waals surface area (Å²) in [6.45, 7) is 1.53. The first kappa shape index (κ1) is 12.0. The standard InChI is InChI=1S/C11H13F3O/c1-2-9(15)10(11(12,13)14)8-6-4-3-5-7-8/h3-7,9-10,15H,2H2,1H3/t9-,10?/m1/s1. The predicted molar refractivity (Wildman–Crippen MR) is 51.5 cm³/mol. The minimum atomic E-state index is -4.41. The van der Waals surface area contributed by atoms with Crippen molar-refractivity contribution in [3.63, 3.8) is 0 Å². The van der Waals surface area contributed by atoms with Crippen molar-refractivity contribution in [1.82, 2.24) is 0 Å². The van der Waals surface area contributed by atoms with E-state index in [0.717, 1.165) is 0 Å². The van der Waals surface area contributed by atoms with E-state index in [0.29, 0.717) is 0 Å². The van der Waals surface area contributed by atoms with Crippen LogP contribution in [0.1, 0.15) is 24.8 Å². The molecule has 0 aliphatic carbocycles. The summed E-state index contributed by atoms with van der Waals surface area (Å²) in [6.07, 6.45) is -5.71. The molecule has 0 aromatic heterocycles. The molecule has 0 fully saturated rings. The lowest BCUT2D eigenvalue weighted by Gasteiger charge is -2.24. The Morgan fingerprint density at radius 1 is 1.20 bits per heavy atom. The second-order valence-corrected chi connectivity index (χ2v) is 3.41. The fourth-order valence-electron chi connectivity index (χ4n) is 1.53. The molecule has 0 saturated heterocycles. The Labute approximate surface area is 86.5 Å². The van der Waals surface area contributed by atoms with Gasteiger partial charge < -0.3 is 5.11 Å². The first-order valence-electron chi connectivity index (χ1n) is 4.76. The lowest BCUT2D eigenvalue weighted by molar-refractivity contribution is -0.172. The molecule has 0 bridgehead atoms. The molecule has 0 saturated carbocycles. The minimum absolute atomic E-state index is 0.0824. The number of benzene rings is 1. The van der Waals surface area contributed by atoms with Crippen molar-refractivity contribution in [2.24, 2.45) is 0 Å². The molecule has 0 aliphatic heterocycles. The highest BCUT2D eigenvalue weighted by Gasteiger charge is 2.44. The normalized spacial score (nSPS) is 16.1. The van der Waals surface area contributed by atoms with Crippen molar-refractivity contribution in [2.45, 2.75) is 31.5 Å². The number of hydrogen-bond donors (Lipinski definition) is 1. The smallest absolute Gasteiger partial charge is 0.392 e. The third-order valence-electron chi connectivity index (χ3n) is 2.31. The Kier molecular flexibility index (Phi) is 3.74. The van der Waals surface area contributed by atoms with E-state index in [4.69, 9.17) is 0 Å². The molecular formula is C11H13F3O. The molecule has 1 aromatic rings. The van der Waals surface area contributed by atoms with E-state index in [-0.39, 0.29) is 12.0 Å². The maximum atomic E-state index is 12.7. The molecule has 1 unspecified atom stereocenters. The average molecular weight is 218 g/mol. The summed E-state index contributed by atoms with van der Waals surface area (Å²) in [4.78, 5) is 0. The van der Waals surface area contributed by atoms with E-state index in [9.17, 15) is 18.3 Å². The molecular weight excluding hydrogens is 205 g/mol. The van der Waals surface area contributed by atoms with Gasteiger partial charge in [-0.1, -0.05) is 37.3 Å². The predicted octanol–water partition coefficient (Wildman–Crippen LogP) is 3.10. The van der Waals surface area contributed by atoms with E-state index in [1.165, 1.54) is 31.2 Å². The molecule has 0 radical (unpaired) electrons. The fraction of sp³-hybridized carbons (Fsp3) is 0.455. The van der Waals surface area contributed by atoms with Gasteiger partial charge in [0.1, 0.15) is 5.92 Å². The molecule has 4 heteroatoms. The third kappa shape index (κ3) is 2.96. The summed E-state index contributed by atoms with van der Waals surface area (Å²) in [7, 11) is 0. The molecule has 0 spiro atoms. The van der Waals surface area contributed by atoms with Crippen LogP contribution in [0.2, 0.25) is 0 Å². The van der Waals surface area contributed by atoms with Crippen molar-refractivity contribution >= 4 is 0 Å². The van der Waals surface area contributed by atoms with Gasteiger partial charge in [0.15, 0.2) is 0 Å². The van der Waals surface area contributed by atoms with Crippen LogP contribution in [0.15, 0.2) is 30.3 Å². The van der Waals surface area contributed by atoms with Gasteiger partial charge in [-0.3, -0.25) is 0 Å². The molecule has 1 N–H and O–H groups in total. The first-order valence-corrected chi connectivity index (χ1v) is 4.76. The molecule has 0 amide bonds. The zero-order chi connectivity index (χ0) is 11.5. The van der Waals surface area contributed by atoms with E-state index in [1.807, 2.05) is 0 Å². The SMILES string of the molecule is CC[C@@H](O)C(c1ccccc1)C(F)(F)F. The summed E-state index contributed by atoms with van der Waals surface area (Å²) in [6, 6.07) is 7.50. The molecule has 0 aliphatic rings. The number of rotatable bonds is 3. The van der Waals surface area contributed by atoms with E-state index >= 15 is 0 Å². The summed E-state index contributed by atoms with van der Waals surface area (Å²) in [5.74, 6) is -1.79. The van der Waals surface area contributed by atoms with Gasteiger partial charge in [-0.25, -0.2) is 0 Å². The van der Waals surface area contributed by atoms with Crippen LogP contribution in [0.4, 0.5) is 13.2 Å². The quantitative estimate of drug-likeness (QED) is 0.826. The maximum Gasteiger partial charge on any atom is 0.398 e. The van der Waals surface area contributed by atoms with Crippen molar-refractivity contribution in [3.05, 3.63) is 35.9 Å². The molecule has 84 valence electrons. The van der Waals surface area contributed by atoms with E-state index in [1.54, 1.807) is 6.07 Å². The summed E-state index contributed by atoms with van der Waals surface area (Å²) >= 11 is 0. The summed E-state index contributed by atoms with van der Waals surface area (Å²) in [5.41, 5.74) is 0.111. The topological polar surface area (TPSA) is 20.2 Å². The van der Waals surface area contributed by atoms with Crippen LogP contribution in [0, 0.1) is 0 Å². The second-order valence-electron chi connectivity index (χ2n) is 3.41. The highest BCUT2D eigenvalue weighted by Crippen LogP contribution is 2.38. The minimum Gasteiger partial charge on any atom is -0.392 e. The molecule has 2 atom stereocenters. The lowest BCUT2D eigenvalue weighted by atomic mass is 9.91. The van der Waals surface area contributed by atoms with E-state index in [2.05, 4.69) is 0 Å². The molecule has 1 nitrogen and oxygen atoms in total. The molecule has 0 heterocycles. The summed E-state index contributed by atoms with van der Waals surface area (Å²) in [5, 5.41) is 9.39. The largest absolute Gasteiger partial charge is 0.398 e. The van der Waals surface area contributed by atoms with Gasteiger partial charge in [-0.05, 0) is 12.0 Å². The van der Waals surface area contributed by atoms with Crippen LogP contribution in [0.25, 0.3) is 0 Å². The zero-order valence-corrected chi connectivity index (χ0v) is 8.33. The number of aliphatic hydroxyl groups is 1. The van der Waals surface area contributed by atoms with E-state index < -0.39 is 18.2 Å². The van der Waals surface area contributed by atoms with Gasteiger partial charge in [0.25, 0.3) is 0 Å². The Morgan fingerprint density at radius 2 is 1.73 bits per heavy atom. The Bertz CT molecular complexity index is 294. The number of halogens is 3. The number of alkyl halides is 3. The van der Waals surface area contributed by atoms with Crippen LogP contribution in [0.3, 0.4) is 0 Å². The van der Waals surface area contributed by atoms with Gasteiger partial charge >= 0.3 is 6.18 Å². The highest BCUT2D eigenvalue weighted by molar-refractivity contribution is 5.22.